The monoisotopic (exact) mass is 250 g/mol. The van der Waals surface area contributed by atoms with Crippen LogP contribution in [0.2, 0.25) is 0 Å². The molecule has 0 amide bonds. The van der Waals surface area contributed by atoms with Crippen LogP contribution in [0.3, 0.4) is 0 Å². The van der Waals surface area contributed by atoms with Crippen LogP contribution in [0.25, 0.3) is 0 Å². The molecule has 4 nitrogen and oxygen atoms in total. The van der Waals surface area contributed by atoms with Gasteiger partial charge in [-0.3, -0.25) is 4.79 Å². The van der Waals surface area contributed by atoms with Crippen LogP contribution in [0.4, 0.5) is 0 Å². The second-order valence-corrected chi connectivity index (χ2v) is 4.25. The lowest BCUT2D eigenvalue weighted by molar-refractivity contribution is -0.148. The van der Waals surface area contributed by atoms with Gasteiger partial charge in [0.05, 0.1) is 0 Å². The molecular formula is C14H18O4. The average molecular weight is 250 g/mol. The zero-order valence-corrected chi connectivity index (χ0v) is 10.7. The van der Waals surface area contributed by atoms with Gasteiger partial charge in [-0.25, -0.2) is 0 Å². The molecular weight excluding hydrogens is 232 g/mol. The number of aromatic hydroxyl groups is 1. The summed E-state index contributed by atoms with van der Waals surface area (Å²) in [6.07, 6.45) is 0.621. The van der Waals surface area contributed by atoms with Crippen LogP contribution >= 0.6 is 0 Å². The largest absolute Gasteiger partial charge is 0.508 e. The maximum absolute atomic E-state index is 11.5. The van der Waals surface area contributed by atoms with Crippen LogP contribution in [0, 0.1) is 0 Å². The van der Waals surface area contributed by atoms with Crippen LogP contribution in [-0.4, -0.2) is 16.9 Å². The fourth-order valence-electron chi connectivity index (χ4n) is 1.63. The molecule has 0 aliphatic carbocycles. The number of ketones is 1. The average Bonchev–Trinajstić information content (AvgIpc) is 2.28. The van der Waals surface area contributed by atoms with E-state index in [-0.39, 0.29) is 23.9 Å². The zero-order valence-electron chi connectivity index (χ0n) is 10.7. The van der Waals surface area contributed by atoms with Crippen molar-refractivity contribution >= 4 is 11.8 Å². The normalized spacial score (nSPS) is 11.9. The molecule has 0 aliphatic heterocycles. The standard InChI is InChI=1S/C14H18O4/c1-10(15)6-5-9-14(17)18-11(2)12-7-3-4-8-13(12)16/h3-4,7-8,11,16H,5-6,9H2,1-2H3. The lowest BCUT2D eigenvalue weighted by Gasteiger charge is -2.14. The smallest absolute Gasteiger partial charge is 0.306 e. The van der Waals surface area contributed by atoms with Gasteiger partial charge in [-0.15, -0.1) is 0 Å². The highest BCUT2D eigenvalue weighted by Gasteiger charge is 2.14. The minimum Gasteiger partial charge on any atom is -0.508 e. The van der Waals surface area contributed by atoms with Crippen molar-refractivity contribution in [3.05, 3.63) is 29.8 Å². The molecule has 0 heterocycles. The molecule has 98 valence electrons. The number of hydrogen-bond donors (Lipinski definition) is 1. The third kappa shape index (κ3) is 4.57. The summed E-state index contributed by atoms with van der Waals surface area (Å²) in [4.78, 5) is 22.2. The Bertz CT molecular complexity index is 426. The van der Waals surface area contributed by atoms with Crippen LogP contribution in [0.15, 0.2) is 24.3 Å². The fourth-order valence-corrected chi connectivity index (χ4v) is 1.63. The van der Waals surface area contributed by atoms with Gasteiger partial charge >= 0.3 is 5.97 Å². The van der Waals surface area contributed by atoms with E-state index >= 15 is 0 Å². The van der Waals surface area contributed by atoms with E-state index in [2.05, 4.69) is 0 Å². The Morgan fingerprint density at radius 1 is 1.28 bits per heavy atom. The molecule has 18 heavy (non-hydrogen) atoms. The molecule has 1 unspecified atom stereocenters. The minimum absolute atomic E-state index is 0.0663. The molecule has 0 saturated carbocycles. The third-order valence-electron chi connectivity index (χ3n) is 2.59. The molecule has 0 saturated heterocycles. The number of Topliss-reactive ketones (excluding diaryl/α,β-unsaturated/α-hetero) is 1. The van der Waals surface area contributed by atoms with Gasteiger partial charge in [0.15, 0.2) is 0 Å². The van der Waals surface area contributed by atoms with E-state index in [1.54, 1.807) is 31.2 Å². The molecule has 0 bridgehead atoms. The Morgan fingerprint density at radius 2 is 1.94 bits per heavy atom. The number of carbonyl (C=O) groups excluding carboxylic acids is 2. The van der Waals surface area contributed by atoms with Gasteiger partial charge in [0.2, 0.25) is 0 Å². The number of phenols is 1. The second kappa shape index (κ2) is 6.79. The van der Waals surface area contributed by atoms with Crippen LogP contribution < -0.4 is 0 Å². The first-order chi connectivity index (χ1) is 8.50. The number of rotatable bonds is 6. The Hall–Kier alpha value is -1.84. The van der Waals surface area contributed by atoms with Gasteiger partial charge in [-0.1, -0.05) is 18.2 Å². The van der Waals surface area contributed by atoms with E-state index in [1.807, 2.05) is 0 Å². The van der Waals surface area contributed by atoms with Gasteiger partial charge in [0.25, 0.3) is 0 Å². The predicted octanol–water partition coefficient (Wildman–Crippen LogP) is 2.76. The maximum Gasteiger partial charge on any atom is 0.306 e. The van der Waals surface area contributed by atoms with Crippen LogP contribution in [0.5, 0.6) is 5.75 Å². The van der Waals surface area contributed by atoms with Crippen molar-refractivity contribution < 1.29 is 19.4 Å². The SMILES string of the molecule is CC(=O)CCCC(=O)OC(C)c1ccccc1O. The van der Waals surface area contributed by atoms with Gasteiger partial charge in [0, 0.05) is 18.4 Å². The number of ether oxygens (including phenoxy) is 1. The Balaban J connectivity index is 2.45. The maximum atomic E-state index is 11.5. The summed E-state index contributed by atoms with van der Waals surface area (Å²) in [6, 6.07) is 6.74. The van der Waals surface area contributed by atoms with Crippen LogP contribution in [-0.2, 0) is 14.3 Å². The Morgan fingerprint density at radius 3 is 2.56 bits per heavy atom. The lowest BCUT2D eigenvalue weighted by Crippen LogP contribution is -2.09. The molecule has 0 aliphatic rings. The van der Waals surface area contributed by atoms with Gasteiger partial charge < -0.3 is 14.6 Å². The molecule has 1 aromatic rings. The Kier molecular flexibility index (Phi) is 5.36. The van der Waals surface area contributed by atoms with Crippen molar-refractivity contribution in [2.75, 3.05) is 0 Å². The quantitative estimate of drug-likeness (QED) is 0.788. The summed E-state index contributed by atoms with van der Waals surface area (Å²) in [7, 11) is 0. The topological polar surface area (TPSA) is 63.6 Å². The number of hydrogen-bond acceptors (Lipinski definition) is 4. The van der Waals surface area contributed by atoms with E-state index < -0.39 is 6.10 Å². The van der Waals surface area contributed by atoms with Crippen molar-refractivity contribution in [3.63, 3.8) is 0 Å². The second-order valence-electron chi connectivity index (χ2n) is 4.25. The summed E-state index contributed by atoms with van der Waals surface area (Å²) in [5, 5.41) is 9.61. The van der Waals surface area contributed by atoms with Crippen LogP contribution in [0.1, 0.15) is 44.8 Å². The molecule has 1 aromatic carbocycles. The summed E-state index contributed by atoms with van der Waals surface area (Å²) in [5.41, 5.74) is 0.581. The summed E-state index contributed by atoms with van der Waals surface area (Å²) >= 11 is 0. The summed E-state index contributed by atoms with van der Waals surface area (Å²) < 4.78 is 5.19. The number of phenolic OH excluding ortho intramolecular Hbond substituents is 1. The molecule has 0 aromatic heterocycles. The van der Waals surface area contributed by atoms with E-state index in [0.29, 0.717) is 18.4 Å². The summed E-state index contributed by atoms with van der Waals surface area (Å²) in [6.45, 7) is 3.20. The molecule has 1 rings (SSSR count). The lowest BCUT2D eigenvalue weighted by atomic mass is 10.1. The van der Waals surface area contributed by atoms with Gasteiger partial charge in [0.1, 0.15) is 17.6 Å². The van der Waals surface area contributed by atoms with E-state index in [4.69, 9.17) is 4.74 Å². The van der Waals surface area contributed by atoms with E-state index in [1.165, 1.54) is 6.92 Å². The van der Waals surface area contributed by atoms with Crippen molar-refractivity contribution in [1.82, 2.24) is 0 Å². The van der Waals surface area contributed by atoms with Gasteiger partial charge in [-0.05, 0) is 26.3 Å². The molecule has 0 spiro atoms. The number of para-hydroxylation sites is 1. The molecule has 1 atom stereocenters. The summed E-state index contributed by atoms with van der Waals surface area (Å²) in [5.74, 6) is -0.176. The molecule has 4 heteroatoms. The third-order valence-corrected chi connectivity index (χ3v) is 2.59. The molecule has 0 radical (unpaired) electrons. The highest BCUT2D eigenvalue weighted by molar-refractivity contribution is 5.76. The van der Waals surface area contributed by atoms with Crippen molar-refractivity contribution in [3.8, 4) is 5.75 Å². The first-order valence-electron chi connectivity index (χ1n) is 5.97. The Labute approximate surface area is 107 Å². The number of esters is 1. The van der Waals surface area contributed by atoms with Crippen molar-refractivity contribution in [2.45, 2.75) is 39.2 Å². The van der Waals surface area contributed by atoms with Crippen molar-refractivity contribution in [2.24, 2.45) is 0 Å². The number of carbonyl (C=O) groups is 2. The van der Waals surface area contributed by atoms with E-state index in [9.17, 15) is 14.7 Å². The van der Waals surface area contributed by atoms with Gasteiger partial charge in [-0.2, -0.15) is 0 Å². The van der Waals surface area contributed by atoms with Crippen molar-refractivity contribution in [1.29, 1.82) is 0 Å². The molecule has 1 N–H and O–H groups in total. The molecule has 0 fully saturated rings. The highest BCUT2D eigenvalue weighted by atomic mass is 16.5. The predicted molar refractivity (Wildman–Crippen MR) is 67.1 cm³/mol. The minimum atomic E-state index is -0.490. The first-order valence-corrected chi connectivity index (χ1v) is 5.97. The number of benzene rings is 1. The first kappa shape index (κ1) is 14.2. The van der Waals surface area contributed by atoms with E-state index in [0.717, 1.165) is 0 Å². The zero-order chi connectivity index (χ0) is 13.5. The fraction of sp³-hybridized carbons (Fsp3) is 0.429. The highest BCUT2D eigenvalue weighted by Crippen LogP contribution is 2.26.